The molecule has 1 rings (SSSR count). The van der Waals surface area contributed by atoms with Crippen LogP contribution >= 0.6 is 11.8 Å². The number of carbonyl (C=O) groups excluding carboxylic acids is 1. The van der Waals surface area contributed by atoms with E-state index in [0.717, 1.165) is 12.2 Å². The van der Waals surface area contributed by atoms with Crippen LogP contribution in [-0.4, -0.2) is 24.5 Å². The Balaban J connectivity index is 2.43. The third kappa shape index (κ3) is 5.87. The zero-order valence-electron chi connectivity index (χ0n) is 11.7. The average Bonchev–Trinajstić information content (AvgIpc) is 2.37. The third-order valence-electron chi connectivity index (χ3n) is 2.61. The van der Waals surface area contributed by atoms with Gasteiger partial charge in [0, 0.05) is 6.07 Å². The Kier molecular flexibility index (Phi) is 6.56. The van der Waals surface area contributed by atoms with Gasteiger partial charge in [0.15, 0.2) is 0 Å². The number of benzene rings is 1. The van der Waals surface area contributed by atoms with Gasteiger partial charge < -0.3 is 15.8 Å². The average molecular weight is 282 g/mol. The Morgan fingerprint density at radius 2 is 2.21 bits per heavy atom. The molecule has 1 aromatic rings. The van der Waals surface area contributed by atoms with Gasteiger partial charge in [0.1, 0.15) is 5.75 Å². The van der Waals surface area contributed by atoms with Crippen LogP contribution < -0.4 is 15.8 Å². The molecule has 0 radical (unpaired) electrons. The molecule has 3 N–H and O–H groups in total. The second kappa shape index (κ2) is 7.94. The van der Waals surface area contributed by atoms with Crippen molar-refractivity contribution < 1.29 is 9.53 Å². The minimum absolute atomic E-state index is 0.0336. The summed E-state index contributed by atoms with van der Waals surface area (Å²) in [7, 11) is 1.58. The summed E-state index contributed by atoms with van der Waals surface area (Å²) < 4.78 is 5.10. The summed E-state index contributed by atoms with van der Waals surface area (Å²) >= 11 is 1.64. The minimum atomic E-state index is -0.0336. The lowest BCUT2D eigenvalue weighted by molar-refractivity contribution is -0.113. The Morgan fingerprint density at radius 1 is 1.47 bits per heavy atom. The fraction of sp³-hybridized carbons (Fsp3) is 0.500. The number of rotatable bonds is 7. The van der Waals surface area contributed by atoms with Crippen LogP contribution in [-0.2, 0) is 4.79 Å². The molecule has 0 saturated heterocycles. The Hall–Kier alpha value is -1.36. The number of nitrogens with one attached hydrogen (secondary N) is 1. The molecule has 0 aromatic heterocycles. The molecule has 106 valence electrons. The number of amides is 1. The lowest BCUT2D eigenvalue weighted by atomic mass is 10.2. The highest BCUT2D eigenvalue weighted by Gasteiger charge is 2.07. The number of hydrogen-bond acceptors (Lipinski definition) is 4. The van der Waals surface area contributed by atoms with Crippen LogP contribution in [0.3, 0.4) is 0 Å². The first-order valence-corrected chi connectivity index (χ1v) is 7.49. The molecule has 0 bridgehead atoms. The van der Waals surface area contributed by atoms with E-state index in [1.54, 1.807) is 37.1 Å². The van der Waals surface area contributed by atoms with Crippen molar-refractivity contribution in [2.24, 2.45) is 5.92 Å². The molecule has 0 fully saturated rings. The molecular weight excluding hydrogens is 260 g/mol. The Bertz CT molecular complexity index is 422. The predicted molar refractivity (Wildman–Crippen MR) is 82.8 cm³/mol. The van der Waals surface area contributed by atoms with Gasteiger partial charge in [0.05, 0.1) is 24.2 Å². The topological polar surface area (TPSA) is 64.3 Å². The number of methoxy groups -OCH3 is 1. The van der Waals surface area contributed by atoms with Crippen molar-refractivity contribution in [1.29, 1.82) is 0 Å². The van der Waals surface area contributed by atoms with Crippen LogP contribution in [0.25, 0.3) is 0 Å². The van der Waals surface area contributed by atoms with Crippen molar-refractivity contribution in [3.8, 4) is 5.75 Å². The van der Waals surface area contributed by atoms with E-state index in [4.69, 9.17) is 10.5 Å². The van der Waals surface area contributed by atoms with E-state index in [1.807, 2.05) is 0 Å². The number of ether oxygens (including phenoxy) is 1. The number of nitrogens with two attached hydrogens (primary N) is 1. The van der Waals surface area contributed by atoms with E-state index in [1.165, 1.54) is 0 Å². The monoisotopic (exact) mass is 282 g/mol. The fourth-order valence-electron chi connectivity index (χ4n) is 1.44. The van der Waals surface area contributed by atoms with Gasteiger partial charge in [-0.2, -0.15) is 11.8 Å². The van der Waals surface area contributed by atoms with Gasteiger partial charge in [-0.25, -0.2) is 0 Å². The summed E-state index contributed by atoms with van der Waals surface area (Å²) in [5.74, 6) is 2.76. The van der Waals surface area contributed by atoms with Gasteiger partial charge in [0.25, 0.3) is 0 Å². The van der Waals surface area contributed by atoms with Crippen molar-refractivity contribution in [3.63, 3.8) is 0 Å². The number of hydrogen-bond donors (Lipinski definition) is 2. The van der Waals surface area contributed by atoms with Crippen molar-refractivity contribution in [2.75, 3.05) is 29.7 Å². The molecule has 0 saturated carbocycles. The second-order valence-electron chi connectivity index (χ2n) is 4.74. The first-order chi connectivity index (χ1) is 9.02. The summed E-state index contributed by atoms with van der Waals surface area (Å²) in [6.07, 6.45) is 1.12. The maximum atomic E-state index is 11.8. The quantitative estimate of drug-likeness (QED) is 0.596. The van der Waals surface area contributed by atoms with E-state index in [-0.39, 0.29) is 5.91 Å². The zero-order valence-corrected chi connectivity index (χ0v) is 12.5. The molecule has 0 aliphatic carbocycles. The van der Waals surface area contributed by atoms with Crippen LogP contribution in [0.2, 0.25) is 0 Å². The minimum Gasteiger partial charge on any atom is -0.497 e. The highest BCUT2D eigenvalue weighted by molar-refractivity contribution is 7.99. The van der Waals surface area contributed by atoms with Crippen molar-refractivity contribution in [1.82, 2.24) is 0 Å². The SMILES string of the molecule is COc1ccc(N)c(NC(=O)CSCCC(C)C)c1. The van der Waals surface area contributed by atoms with E-state index in [2.05, 4.69) is 19.2 Å². The molecule has 1 aromatic carbocycles. The Labute approximate surface area is 119 Å². The van der Waals surface area contributed by atoms with Crippen LogP contribution in [0.15, 0.2) is 18.2 Å². The van der Waals surface area contributed by atoms with Crippen LogP contribution in [0.4, 0.5) is 11.4 Å². The van der Waals surface area contributed by atoms with Gasteiger partial charge in [-0.1, -0.05) is 13.8 Å². The van der Waals surface area contributed by atoms with Gasteiger partial charge in [-0.15, -0.1) is 0 Å². The summed E-state index contributed by atoms with van der Waals surface area (Å²) in [6, 6.07) is 5.22. The van der Waals surface area contributed by atoms with Crippen LogP contribution in [0.1, 0.15) is 20.3 Å². The molecule has 19 heavy (non-hydrogen) atoms. The van der Waals surface area contributed by atoms with E-state index >= 15 is 0 Å². The first-order valence-electron chi connectivity index (χ1n) is 6.34. The maximum Gasteiger partial charge on any atom is 0.234 e. The van der Waals surface area contributed by atoms with Gasteiger partial charge in [-0.05, 0) is 30.2 Å². The molecule has 5 heteroatoms. The van der Waals surface area contributed by atoms with Crippen LogP contribution in [0, 0.1) is 5.92 Å². The summed E-state index contributed by atoms with van der Waals surface area (Å²) in [5.41, 5.74) is 6.96. The number of carbonyl (C=O) groups is 1. The fourth-order valence-corrected chi connectivity index (χ4v) is 2.48. The normalized spacial score (nSPS) is 10.5. The zero-order chi connectivity index (χ0) is 14.3. The maximum absolute atomic E-state index is 11.8. The lowest BCUT2D eigenvalue weighted by Gasteiger charge is -2.10. The molecule has 0 aliphatic heterocycles. The smallest absolute Gasteiger partial charge is 0.234 e. The molecule has 0 heterocycles. The summed E-state index contributed by atoms with van der Waals surface area (Å²) in [5, 5.41) is 2.81. The largest absolute Gasteiger partial charge is 0.497 e. The highest BCUT2D eigenvalue weighted by atomic mass is 32.2. The second-order valence-corrected chi connectivity index (χ2v) is 5.84. The van der Waals surface area contributed by atoms with Crippen molar-refractivity contribution in [2.45, 2.75) is 20.3 Å². The van der Waals surface area contributed by atoms with Gasteiger partial charge in [0.2, 0.25) is 5.91 Å². The molecule has 1 amide bonds. The molecule has 0 atom stereocenters. The molecular formula is C14H22N2O2S. The van der Waals surface area contributed by atoms with Gasteiger partial charge >= 0.3 is 0 Å². The standard InChI is InChI=1S/C14H22N2O2S/c1-10(2)6-7-19-9-14(17)16-13-8-11(18-3)4-5-12(13)15/h4-5,8,10H,6-7,9,15H2,1-3H3,(H,16,17). The molecule has 0 unspecified atom stereocenters. The van der Waals surface area contributed by atoms with E-state index < -0.39 is 0 Å². The molecule has 0 spiro atoms. The predicted octanol–water partition coefficient (Wildman–Crippen LogP) is 3.00. The van der Waals surface area contributed by atoms with E-state index in [9.17, 15) is 4.79 Å². The third-order valence-corrected chi connectivity index (χ3v) is 3.60. The lowest BCUT2D eigenvalue weighted by Crippen LogP contribution is -2.15. The van der Waals surface area contributed by atoms with Crippen molar-refractivity contribution >= 4 is 29.0 Å². The number of anilines is 2. The van der Waals surface area contributed by atoms with Crippen molar-refractivity contribution in [3.05, 3.63) is 18.2 Å². The summed E-state index contributed by atoms with van der Waals surface area (Å²) in [4.78, 5) is 11.8. The first kappa shape index (κ1) is 15.7. The number of nitrogen functional groups attached to an aromatic ring is 1. The highest BCUT2D eigenvalue weighted by Crippen LogP contribution is 2.24. The Morgan fingerprint density at radius 3 is 2.84 bits per heavy atom. The van der Waals surface area contributed by atoms with Crippen LogP contribution in [0.5, 0.6) is 5.75 Å². The van der Waals surface area contributed by atoms with E-state index in [0.29, 0.717) is 28.8 Å². The number of thioether (sulfide) groups is 1. The molecule has 4 nitrogen and oxygen atoms in total. The van der Waals surface area contributed by atoms with Gasteiger partial charge in [-0.3, -0.25) is 4.79 Å². The summed E-state index contributed by atoms with van der Waals surface area (Å²) in [6.45, 7) is 4.36. The molecule has 0 aliphatic rings.